The fourth-order valence-corrected chi connectivity index (χ4v) is 2.16. The fraction of sp³-hybridized carbons (Fsp3) is 0.267. The van der Waals surface area contributed by atoms with Gasteiger partial charge in [0.25, 0.3) is 5.91 Å². The number of H-pyrrole nitrogens is 1. The van der Waals surface area contributed by atoms with Crippen LogP contribution in [0.15, 0.2) is 29.4 Å². The topological polar surface area (TPSA) is 70.1 Å². The number of carbonyl (C=O) groups excluding carboxylic acids is 1. The molecule has 7 heteroatoms. The van der Waals surface area contributed by atoms with E-state index < -0.39 is 5.91 Å². The lowest BCUT2D eigenvalue weighted by atomic mass is 9.92. The highest BCUT2D eigenvalue weighted by molar-refractivity contribution is 6.38. The van der Waals surface area contributed by atoms with Crippen molar-refractivity contribution in [1.29, 1.82) is 0 Å². The van der Waals surface area contributed by atoms with E-state index in [9.17, 15) is 4.79 Å². The van der Waals surface area contributed by atoms with Crippen molar-refractivity contribution in [1.82, 2.24) is 15.6 Å². The van der Waals surface area contributed by atoms with Gasteiger partial charge in [0.1, 0.15) is 0 Å². The second-order valence-electron chi connectivity index (χ2n) is 5.75. The van der Waals surface area contributed by atoms with Gasteiger partial charge in [-0.1, -0.05) is 50.0 Å². The molecule has 1 aromatic carbocycles. The molecule has 1 heterocycles. The summed E-state index contributed by atoms with van der Waals surface area (Å²) in [5, 5.41) is 11.6. The third-order valence-electron chi connectivity index (χ3n) is 2.98. The average Bonchev–Trinajstić information content (AvgIpc) is 2.91. The Kier molecular flexibility index (Phi) is 4.88. The van der Waals surface area contributed by atoms with Crippen LogP contribution in [-0.2, 0) is 5.41 Å². The van der Waals surface area contributed by atoms with E-state index in [1.165, 1.54) is 6.21 Å². The summed E-state index contributed by atoms with van der Waals surface area (Å²) in [6, 6.07) is 6.82. The molecule has 0 unspecified atom stereocenters. The van der Waals surface area contributed by atoms with Crippen LogP contribution in [0.2, 0.25) is 10.0 Å². The number of benzene rings is 1. The summed E-state index contributed by atoms with van der Waals surface area (Å²) in [6.07, 6.45) is 1.40. The number of hydrogen-bond donors (Lipinski definition) is 2. The van der Waals surface area contributed by atoms with Gasteiger partial charge in [0.05, 0.1) is 16.3 Å². The van der Waals surface area contributed by atoms with Gasteiger partial charge in [0, 0.05) is 16.7 Å². The largest absolute Gasteiger partial charge is 0.291 e. The Morgan fingerprint density at radius 1 is 1.32 bits per heavy atom. The number of nitrogens with zero attached hydrogens (tertiary/aromatic N) is 2. The molecule has 0 spiro atoms. The van der Waals surface area contributed by atoms with Crippen molar-refractivity contribution in [3.63, 3.8) is 0 Å². The lowest BCUT2D eigenvalue weighted by Crippen LogP contribution is -2.18. The molecule has 2 rings (SSSR count). The van der Waals surface area contributed by atoms with Gasteiger partial charge in [-0.15, -0.1) is 0 Å². The maximum absolute atomic E-state index is 12.0. The van der Waals surface area contributed by atoms with Gasteiger partial charge >= 0.3 is 0 Å². The Hall–Kier alpha value is -1.85. The Labute approximate surface area is 138 Å². The van der Waals surface area contributed by atoms with E-state index in [1.54, 1.807) is 24.3 Å². The van der Waals surface area contributed by atoms with Gasteiger partial charge in [-0.05, 0) is 18.2 Å². The Balaban J connectivity index is 2.07. The second kappa shape index (κ2) is 6.50. The molecule has 22 heavy (non-hydrogen) atoms. The molecule has 1 aromatic heterocycles. The van der Waals surface area contributed by atoms with E-state index in [4.69, 9.17) is 23.2 Å². The summed E-state index contributed by atoms with van der Waals surface area (Å²) in [5.74, 6) is -0.411. The average molecular weight is 339 g/mol. The number of hydrazone groups is 1. The highest BCUT2D eigenvalue weighted by Crippen LogP contribution is 2.22. The molecule has 0 bridgehead atoms. The van der Waals surface area contributed by atoms with Crippen LogP contribution < -0.4 is 5.43 Å². The molecular formula is C15H16Cl2N4O. The van der Waals surface area contributed by atoms with Gasteiger partial charge in [0.2, 0.25) is 0 Å². The van der Waals surface area contributed by atoms with Crippen molar-refractivity contribution in [3.05, 3.63) is 51.3 Å². The normalized spacial score (nSPS) is 11.9. The fourth-order valence-electron chi connectivity index (χ4n) is 1.67. The SMILES string of the molecule is CC(C)(C)c1cc(C(=O)NN=Cc2c(Cl)cccc2Cl)n[nH]1. The molecule has 116 valence electrons. The number of carbonyl (C=O) groups is 1. The number of aromatic amines is 1. The molecule has 1 amide bonds. The van der Waals surface area contributed by atoms with Crippen molar-refractivity contribution < 1.29 is 4.79 Å². The summed E-state index contributed by atoms with van der Waals surface area (Å²) >= 11 is 12.0. The molecule has 0 saturated heterocycles. The zero-order valence-electron chi connectivity index (χ0n) is 12.4. The number of hydrogen-bond acceptors (Lipinski definition) is 3. The van der Waals surface area contributed by atoms with Crippen molar-refractivity contribution in [2.75, 3.05) is 0 Å². The Morgan fingerprint density at radius 3 is 2.50 bits per heavy atom. The Bertz CT molecular complexity index is 696. The smallest absolute Gasteiger partial charge is 0.281 e. The predicted octanol–water partition coefficient (Wildman–Crippen LogP) is 3.78. The summed E-state index contributed by atoms with van der Waals surface area (Å²) < 4.78 is 0. The number of amides is 1. The zero-order chi connectivity index (χ0) is 16.3. The molecule has 0 aliphatic carbocycles. The lowest BCUT2D eigenvalue weighted by molar-refractivity contribution is 0.0950. The molecule has 0 aliphatic rings. The second-order valence-corrected chi connectivity index (χ2v) is 6.57. The first kappa shape index (κ1) is 16.5. The molecule has 0 saturated carbocycles. The third kappa shape index (κ3) is 3.87. The maximum Gasteiger partial charge on any atom is 0.291 e. The Morgan fingerprint density at radius 2 is 1.95 bits per heavy atom. The summed E-state index contributed by atoms with van der Waals surface area (Å²) in [6.45, 7) is 6.08. The van der Waals surface area contributed by atoms with Crippen molar-refractivity contribution >= 4 is 35.3 Å². The maximum atomic E-state index is 12.0. The number of nitrogens with one attached hydrogen (secondary N) is 2. The highest BCUT2D eigenvalue weighted by atomic mass is 35.5. The molecule has 0 aliphatic heterocycles. The van der Waals surface area contributed by atoms with Crippen LogP contribution in [-0.4, -0.2) is 22.3 Å². The molecule has 0 radical (unpaired) electrons. The van der Waals surface area contributed by atoms with Crippen LogP contribution in [0.1, 0.15) is 42.5 Å². The first-order chi connectivity index (χ1) is 10.3. The molecule has 2 aromatic rings. The summed E-state index contributed by atoms with van der Waals surface area (Å²) in [5.41, 5.74) is 3.97. The van der Waals surface area contributed by atoms with Crippen LogP contribution in [0.3, 0.4) is 0 Å². The lowest BCUT2D eigenvalue weighted by Gasteiger charge is -2.14. The minimum Gasteiger partial charge on any atom is -0.281 e. The number of rotatable bonds is 3. The zero-order valence-corrected chi connectivity index (χ0v) is 14.0. The quantitative estimate of drug-likeness (QED) is 0.660. The van der Waals surface area contributed by atoms with Crippen LogP contribution in [0.4, 0.5) is 0 Å². The van der Waals surface area contributed by atoms with Gasteiger partial charge < -0.3 is 0 Å². The first-order valence-electron chi connectivity index (χ1n) is 6.62. The molecule has 0 atom stereocenters. The van der Waals surface area contributed by atoms with Crippen LogP contribution in [0.25, 0.3) is 0 Å². The number of halogens is 2. The predicted molar refractivity (Wildman–Crippen MR) is 88.8 cm³/mol. The minimum absolute atomic E-state index is 0.111. The van der Waals surface area contributed by atoms with E-state index in [0.717, 1.165) is 5.69 Å². The van der Waals surface area contributed by atoms with Crippen LogP contribution in [0.5, 0.6) is 0 Å². The molecule has 2 N–H and O–H groups in total. The van der Waals surface area contributed by atoms with E-state index in [1.807, 2.05) is 20.8 Å². The van der Waals surface area contributed by atoms with Crippen LogP contribution >= 0.6 is 23.2 Å². The van der Waals surface area contributed by atoms with E-state index >= 15 is 0 Å². The van der Waals surface area contributed by atoms with E-state index in [2.05, 4.69) is 20.7 Å². The van der Waals surface area contributed by atoms with Gasteiger partial charge in [-0.3, -0.25) is 9.89 Å². The van der Waals surface area contributed by atoms with E-state index in [-0.39, 0.29) is 11.1 Å². The van der Waals surface area contributed by atoms with Gasteiger partial charge in [-0.25, -0.2) is 5.43 Å². The van der Waals surface area contributed by atoms with E-state index in [0.29, 0.717) is 15.6 Å². The monoisotopic (exact) mass is 338 g/mol. The third-order valence-corrected chi connectivity index (χ3v) is 3.64. The number of aromatic nitrogens is 2. The summed E-state index contributed by atoms with van der Waals surface area (Å²) in [7, 11) is 0. The first-order valence-corrected chi connectivity index (χ1v) is 7.38. The van der Waals surface area contributed by atoms with Gasteiger partial charge in [0.15, 0.2) is 5.69 Å². The standard InChI is InChI=1S/C15H16Cl2N4O/c1-15(2,3)13-7-12(19-20-13)14(22)21-18-8-9-10(16)5-4-6-11(9)17/h4-8H,1-3H3,(H,19,20)(H,21,22). The van der Waals surface area contributed by atoms with Crippen molar-refractivity contribution in [2.45, 2.75) is 26.2 Å². The van der Waals surface area contributed by atoms with Crippen molar-refractivity contribution in [2.24, 2.45) is 5.10 Å². The van der Waals surface area contributed by atoms with Crippen molar-refractivity contribution in [3.8, 4) is 0 Å². The molecule has 0 fully saturated rings. The van der Waals surface area contributed by atoms with Crippen LogP contribution in [0, 0.1) is 0 Å². The minimum atomic E-state index is -0.411. The molecule has 5 nitrogen and oxygen atoms in total. The molecular weight excluding hydrogens is 323 g/mol. The highest BCUT2D eigenvalue weighted by Gasteiger charge is 2.19. The van der Waals surface area contributed by atoms with Gasteiger partial charge in [-0.2, -0.15) is 10.2 Å². The summed E-state index contributed by atoms with van der Waals surface area (Å²) in [4.78, 5) is 12.0.